The number of furan rings is 1. The Labute approximate surface area is 149 Å². The summed E-state index contributed by atoms with van der Waals surface area (Å²) in [5.74, 6) is 1.07. The highest BCUT2D eigenvalue weighted by Crippen LogP contribution is 2.14. The van der Waals surface area contributed by atoms with Gasteiger partial charge >= 0.3 is 0 Å². The van der Waals surface area contributed by atoms with E-state index in [2.05, 4.69) is 10.3 Å². The summed E-state index contributed by atoms with van der Waals surface area (Å²) in [5.41, 5.74) is 0.633. The van der Waals surface area contributed by atoms with Crippen LogP contribution in [0.25, 0.3) is 0 Å². The molecule has 0 aliphatic rings. The fourth-order valence-electron chi connectivity index (χ4n) is 2.30. The molecule has 0 aliphatic carbocycles. The van der Waals surface area contributed by atoms with E-state index in [-0.39, 0.29) is 30.0 Å². The first-order chi connectivity index (χ1) is 12.7. The van der Waals surface area contributed by atoms with E-state index in [9.17, 15) is 9.59 Å². The van der Waals surface area contributed by atoms with Gasteiger partial charge in [0.25, 0.3) is 5.91 Å². The lowest BCUT2D eigenvalue weighted by molar-refractivity contribution is 0.0943. The van der Waals surface area contributed by atoms with Crippen molar-refractivity contribution in [3.63, 3.8) is 0 Å². The highest BCUT2D eigenvalue weighted by Gasteiger charge is 2.10. The standard InChI is InChI=1S/C19H18N2O5/c1-24-14-5-2-4-13(8-14)12-26-18-11-20-16(9-17(18)22)19(23)21-10-15-6-3-7-25-15/h2-9,11H,10,12H2,1H3,(H,20,22)(H,21,23). The van der Waals surface area contributed by atoms with E-state index in [4.69, 9.17) is 13.9 Å². The Bertz CT molecular complexity index is 931. The van der Waals surface area contributed by atoms with Crippen LogP contribution in [-0.2, 0) is 13.2 Å². The van der Waals surface area contributed by atoms with Crippen LogP contribution in [0.15, 0.2) is 64.1 Å². The zero-order valence-electron chi connectivity index (χ0n) is 14.2. The number of rotatable bonds is 7. The van der Waals surface area contributed by atoms with Gasteiger partial charge in [-0.15, -0.1) is 0 Å². The largest absolute Gasteiger partial charge is 0.497 e. The summed E-state index contributed by atoms with van der Waals surface area (Å²) in [6.45, 7) is 0.451. The van der Waals surface area contributed by atoms with E-state index >= 15 is 0 Å². The second-order valence-corrected chi connectivity index (χ2v) is 5.48. The van der Waals surface area contributed by atoms with Crippen LogP contribution in [0.5, 0.6) is 11.5 Å². The lowest BCUT2D eigenvalue weighted by Gasteiger charge is -2.08. The van der Waals surface area contributed by atoms with E-state index in [1.54, 1.807) is 19.2 Å². The third-order valence-corrected chi connectivity index (χ3v) is 3.65. The fourth-order valence-corrected chi connectivity index (χ4v) is 2.30. The minimum absolute atomic E-state index is 0.135. The average molecular weight is 354 g/mol. The van der Waals surface area contributed by atoms with Gasteiger partial charge in [0.05, 0.1) is 19.9 Å². The van der Waals surface area contributed by atoms with Gasteiger partial charge in [0.1, 0.15) is 23.8 Å². The van der Waals surface area contributed by atoms with Gasteiger partial charge in [-0.05, 0) is 29.8 Å². The number of H-pyrrole nitrogens is 1. The van der Waals surface area contributed by atoms with Gasteiger partial charge in [-0.2, -0.15) is 0 Å². The number of ether oxygens (including phenoxy) is 2. The van der Waals surface area contributed by atoms with E-state index in [1.165, 1.54) is 18.5 Å². The molecule has 2 aromatic heterocycles. The van der Waals surface area contributed by atoms with Crippen LogP contribution in [0.2, 0.25) is 0 Å². The molecule has 1 amide bonds. The number of carbonyl (C=O) groups excluding carboxylic acids is 1. The molecule has 7 nitrogen and oxygen atoms in total. The molecule has 1 aromatic carbocycles. The van der Waals surface area contributed by atoms with Gasteiger partial charge in [0.2, 0.25) is 5.43 Å². The van der Waals surface area contributed by atoms with Crippen molar-refractivity contribution in [1.82, 2.24) is 10.3 Å². The van der Waals surface area contributed by atoms with Crippen LogP contribution >= 0.6 is 0 Å². The van der Waals surface area contributed by atoms with Crippen molar-refractivity contribution in [2.45, 2.75) is 13.2 Å². The van der Waals surface area contributed by atoms with Crippen molar-refractivity contribution in [2.75, 3.05) is 7.11 Å². The van der Waals surface area contributed by atoms with E-state index < -0.39 is 5.91 Å². The smallest absolute Gasteiger partial charge is 0.268 e. The number of hydrogen-bond acceptors (Lipinski definition) is 5. The lowest BCUT2D eigenvalue weighted by atomic mass is 10.2. The summed E-state index contributed by atoms with van der Waals surface area (Å²) in [6, 6.07) is 12.0. The summed E-state index contributed by atoms with van der Waals surface area (Å²) in [7, 11) is 1.58. The quantitative estimate of drug-likeness (QED) is 0.680. The third kappa shape index (κ3) is 4.32. The minimum Gasteiger partial charge on any atom is -0.497 e. The molecule has 0 aliphatic heterocycles. The van der Waals surface area contributed by atoms with Crippen LogP contribution in [0.4, 0.5) is 0 Å². The summed E-state index contributed by atoms with van der Waals surface area (Å²) in [4.78, 5) is 27.0. The number of hydrogen-bond donors (Lipinski definition) is 2. The maximum Gasteiger partial charge on any atom is 0.268 e. The third-order valence-electron chi connectivity index (χ3n) is 3.65. The Balaban J connectivity index is 1.61. The molecule has 0 spiro atoms. The normalized spacial score (nSPS) is 10.3. The highest BCUT2D eigenvalue weighted by molar-refractivity contribution is 5.92. The molecule has 2 heterocycles. The molecule has 3 aromatic rings. The first-order valence-corrected chi connectivity index (χ1v) is 7.95. The summed E-state index contributed by atoms with van der Waals surface area (Å²) in [5, 5.41) is 2.66. The Morgan fingerprint density at radius 3 is 2.85 bits per heavy atom. The molecule has 0 radical (unpaired) electrons. The molecule has 0 bridgehead atoms. The molecular weight excluding hydrogens is 336 g/mol. The number of benzene rings is 1. The predicted octanol–water partition coefficient (Wildman–Crippen LogP) is 2.49. The lowest BCUT2D eigenvalue weighted by Crippen LogP contribution is -2.25. The zero-order valence-corrected chi connectivity index (χ0v) is 14.2. The molecule has 0 saturated carbocycles. The summed E-state index contributed by atoms with van der Waals surface area (Å²) in [6.07, 6.45) is 2.90. The molecule has 2 N–H and O–H groups in total. The van der Waals surface area contributed by atoms with Gasteiger partial charge in [-0.1, -0.05) is 12.1 Å². The predicted molar refractivity (Wildman–Crippen MR) is 94.3 cm³/mol. The Hall–Kier alpha value is -3.48. The van der Waals surface area contributed by atoms with Crippen molar-refractivity contribution in [3.8, 4) is 11.5 Å². The first kappa shape index (κ1) is 17.3. The van der Waals surface area contributed by atoms with Gasteiger partial charge in [-0.3, -0.25) is 9.59 Å². The second kappa shape index (κ2) is 8.06. The van der Waals surface area contributed by atoms with Crippen molar-refractivity contribution >= 4 is 5.91 Å². The fraction of sp³-hybridized carbons (Fsp3) is 0.158. The average Bonchev–Trinajstić information content (AvgIpc) is 3.19. The Morgan fingerprint density at radius 2 is 2.12 bits per heavy atom. The topological polar surface area (TPSA) is 93.6 Å². The van der Waals surface area contributed by atoms with Gasteiger partial charge in [-0.25, -0.2) is 0 Å². The molecule has 0 atom stereocenters. The summed E-state index contributed by atoms with van der Waals surface area (Å²) >= 11 is 0. The number of amides is 1. The van der Waals surface area contributed by atoms with Crippen molar-refractivity contribution in [3.05, 3.63) is 82.2 Å². The van der Waals surface area contributed by atoms with Crippen LogP contribution in [0.1, 0.15) is 21.8 Å². The molecule has 26 heavy (non-hydrogen) atoms. The SMILES string of the molecule is COc1cccc(COc2c[nH]c(C(=O)NCc3ccco3)cc2=O)c1. The number of aromatic nitrogens is 1. The van der Waals surface area contributed by atoms with Crippen molar-refractivity contribution in [1.29, 1.82) is 0 Å². The van der Waals surface area contributed by atoms with Crippen molar-refractivity contribution in [2.24, 2.45) is 0 Å². The van der Waals surface area contributed by atoms with Crippen LogP contribution in [0.3, 0.4) is 0 Å². The second-order valence-electron chi connectivity index (χ2n) is 5.48. The van der Waals surface area contributed by atoms with Crippen LogP contribution in [-0.4, -0.2) is 18.0 Å². The number of carbonyl (C=O) groups is 1. The molecule has 0 saturated heterocycles. The van der Waals surface area contributed by atoms with Gasteiger partial charge in [0.15, 0.2) is 5.75 Å². The molecule has 134 valence electrons. The van der Waals surface area contributed by atoms with Crippen LogP contribution in [0, 0.1) is 0 Å². The van der Waals surface area contributed by atoms with Gasteiger partial charge < -0.3 is 24.2 Å². The Morgan fingerprint density at radius 1 is 1.23 bits per heavy atom. The first-order valence-electron chi connectivity index (χ1n) is 7.95. The minimum atomic E-state index is -0.405. The van der Waals surface area contributed by atoms with E-state index in [1.807, 2.05) is 24.3 Å². The van der Waals surface area contributed by atoms with Crippen LogP contribution < -0.4 is 20.2 Å². The van der Waals surface area contributed by atoms with E-state index in [0.29, 0.717) is 11.5 Å². The monoisotopic (exact) mass is 354 g/mol. The van der Waals surface area contributed by atoms with E-state index in [0.717, 1.165) is 5.56 Å². The number of pyridine rings is 1. The maximum atomic E-state index is 12.2. The van der Waals surface area contributed by atoms with Gasteiger partial charge in [0, 0.05) is 12.3 Å². The molecule has 3 rings (SSSR count). The molecule has 7 heteroatoms. The number of nitrogens with one attached hydrogen (secondary N) is 2. The Kier molecular flexibility index (Phi) is 5.38. The maximum absolute atomic E-state index is 12.2. The molecule has 0 fully saturated rings. The molecule has 0 unspecified atom stereocenters. The van der Waals surface area contributed by atoms with Crippen molar-refractivity contribution < 1.29 is 18.7 Å². The molecular formula is C19H18N2O5. The summed E-state index contributed by atoms with van der Waals surface area (Å²) < 4.78 is 15.8. The zero-order chi connectivity index (χ0) is 18.4. The number of aromatic amines is 1. The number of methoxy groups -OCH3 is 1. The highest BCUT2D eigenvalue weighted by atomic mass is 16.5.